The summed E-state index contributed by atoms with van der Waals surface area (Å²) in [5.74, 6) is 0.122. The number of nitriles is 1. The molecule has 0 radical (unpaired) electrons. The van der Waals surface area contributed by atoms with Crippen molar-refractivity contribution in [1.29, 1.82) is 5.26 Å². The van der Waals surface area contributed by atoms with Crippen molar-refractivity contribution >= 4 is 17.5 Å². The maximum atomic E-state index is 14.7. The van der Waals surface area contributed by atoms with Gasteiger partial charge in [-0.1, -0.05) is 76.4 Å². The summed E-state index contributed by atoms with van der Waals surface area (Å²) in [5.41, 5.74) is 2.24. The highest BCUT2D eigenvalue weighted by atomic mass is 16.5. The van der Waals surface area contributed by atoms with Gasteiger partial charge in [-0.05, 0) is 54.2 Å². The van der Waals surface area contributed by atoms with Crippen molar-refractivity contribution in [3.8, 4) is 11.9 Å². The molecule has 8 heteroatoms. The Labute approximate surface area is 254 Å². The van der Waals surface area contributed by atoms with Gasteiger partial charge in [-0.3, -0.25) is 24.4 Å². The topological polar surface area (TPSA) is 98.6 Å². The number of hydrogen-bond acceptors (Lipinski definition) is 6. The van der Waals surface area contributed by atoms with Gasteiger partial charge in [0.15, 0.2) is 6.19 Å². The van der Waals surface area contributed by atoms with Crippen LogP contribution >= 0.6 is 0 Å². The van der Waals surface area contributed by atoms with Crippen molar-refractivity contribution in [1.82, 2.24) is 15.2 Å². The van der Waals surface area contributed by atoms with Gasteiger partial charge >= 0.3 is 0 Å². The Balaban J connectivity index is 1.53. The minimum atomic E-state index is -0.960. The number of anilines is 1. The standard InChI is InChI=1S/C35H41N5O3/c1-35(2,3)26-16-18-28(19-17-26)40(32(25-11-10-20-37-22-25)33(41)38-27-12-6-4-7-13-27)34(42)31-21-30(23-39(31)24-36)43-29-14-8-5-9-15-29/h5,8-11,14-20,22,27,30-32H,4,6-7,12-13,21,23H2,1-3H3,(H,38,41)/t30-,31-,32?/m1/s1. The van der Waals surface area contributed by atoms with E-state index in [1.54, 1.807) is 23.4 Å². The number of nitrogens with one attached hydrogen (secondary N) is 1. The molecule has 2 aliphatic rings. The minimum absolute atomic E-state index is 0.0615. The van der Waals surface area contributed by atoms with Gasteiger partial charge in [0.25, 0.3) is 5.91 Å². The molecule has 1 saturated carbocycles. The molecule has 0 bridgehead atoms. The Morgan fingerprint density at radius 2 is 1.74 bits per heavy atom. The zero-order valence-corrected chi connectivity index (χ0v) is 25.3. The molecule has 1 aromatic heterocycles. The molecule has 3 aromatic rings. The molecule has 3 atom stereocenters. The molecule has 43 heavy (non-hydrogen) atoms. The monoisotopic (exact) mass is 579 g/mol. The van der Waals surface area contributed by atoms with Crippen LogP contribution in [0.4, 0.5) is 5.69 Å². The van der Waals surface area contributed by atoms with E-state index >= 15 is 0 Å². The predicted molar refractivity (Wildman–Crippen MR) is 166 cm³/mol. The van der Waals surface area contributed by atoms with E-state index < -0.39 is 12.1 Å². The molecular formula is C35H41N5O3. The highest BCUT2D eigenvalue weighted by Gasteiger charge is 2.44. The van der Waals surface area contributed by atoms with E-state index in [1.807, 2.05) is 60.7 Å². The van der Waals surface area contributed by atoms with E-state index in [0.29, 0.717) is 23.4 Å². The average molecular weight is 580 g/mol. The van der Waals surface area contributed by atoms with E-state index in [4.69, 9.17) is 4.74 Å². The fourth-order valence-electron chi connectivity index (χ4n) is 6.09. The third-order valence-corrected chi connectivity index (χ3v) is 8.43. The summed E-state index contributed by atoms with van der Waals surface area (Å²) in [4.78, 5) is 36.2. The summed E-state index contributed by atoms with van der Waals surface area (Å²) in [6.45, 7) is 6.69. The Bertz CT molecular complexity index is 1410. The highest BCUT2D eigenvalue weighted by Crippen LogP contribution is 2.34. The fourth-order valence-corrected chi connectivity index (χ4v) is 6.09. The Morgan fingerprint density at radius 3 is 2.37 bits per heavy atom. The number of pyridine rings is 1. The van der Waals surface area contributed by atoms with Crippen molar-refractivity contribution in [3.05, 3.63) is 90.3 Å². The molecule has 1 aliphatic heterocycles. The maximum absolute atomic E-state index is 14.7. The number of carbonyl (C=O) groups excluding carboxylic acids is 2. The number of carbonyl (C=O) groups is 2. The van der Waals surface area contributed by atoms with Crippen molar-refractivity contribution < 1.29 is 14.3 Å². The molecule has 2 aromatic carbocycles. The second kappa shape index (κ2) is 13.3. The molecule has 2 fully saturated rings. The molecule has 1 saturated heterocycles. The quantitative estimate of drug-likeness (QED) is 0.334. The first kappa shape index (κ1) is 30.1. The van der Waals surface area contributed by atoms with Crippen molar-refractivity contribution in [2.45, 2.75) is 88.9 Å². The molecule has 2 heterocycles. The summed E-state index contributed by atoms with van der Waals surface area (Å²) in [7, 11) is 0. The van der Waals surface area contributed by atoms with Crippen LogP contribution < -0.4 is 15.0 Å². The molecule has 0 spiro atoms. The van der Waals surface area contributed by atoms with Crippen molar-refractivity contribution in [2.75, 3.05) is 11.4 Å². The predicted octanol–water partition coefficient (Wildman–Crippen LogP) is 5.91. The zero-order valence-electron chi connectivity index (χ0n) is 25.3. The third kappa shape index (κ3) is 7.16. The molecular weight excluding hydrogens is 538 g/mol. The van der Waals surface area contributed by atoms with Gasteiger partial charge in [0.05, 0.1) is 6.54 Å². The number of ether oxygens (including phenoxy) is 1. The van der Waals surface area contributed by atoms with Gasteiger partial charge in [-0.25, -0.2) is 0 Å². The molecule has 224 valence electrons. The van der Waals surface area contributed by atoms with Crippen LogP contribution in [0.3, 0.4) is 0 Å². The second-order valence-corrected chi connectivity index (χ2v) is 12.6. The molecule has 1 N–H and O–H groups in total. The molecule has 8 nitrogen and oxygen atoms in total. The van der Waals surface area contributed by atoms with Crippen LogP contribution in [0.2, 0.25) is 0 Å². The Kier molecular flexibility index (Phi) is 9.30. The van der Waals surface area contributed by atoms with Crippen LogP contribution in [-0.2, 0) is 15.0 Å². The SMILES string of the molecule is CC(C)(C)c1ccc(N(C(=O)[C@H]2C[C@@H](Oc3ccccc3)CN2C#N)C(C(=O)NC2CCCCC2)c2cccnc2)cc1. The van der Waals surface area contributed by atoms with Crippen molar-refractivity contribution in [3.63, 3.8) is 0 Å². The number of likely N-dealkylation sites (tertiary alicyclic amines) is 1. The van der Waals surface area contributed by atoms with Crippen LogP contribution in [-0.4, -0.2) is 46.4 Å². The lowest BCUT2D eigenvalue weighted by Gasteiger charge is -2.35. The van der Waals surface area contributed by atoms with E-state index in [-0.39, 0.29) is 35.9 Å². The summed E-state index contributed by atoms with van der Waals surface area (Å²) in [5, 5.41) is 13.3. The van der Waals surface area contributed by atoms with E-state index in [2.05, 4.69) is 37.3 Å². The maximum Gasteiger partial charge on any atom is 0.251 e. The Morgan fingerprint density at radius 1 is 1.02 bits per heavy atom. The molecule has 1 aliphatic carbocycles. The van der Waals surface area contributed by atoms with Crippen LogP contribution in [0.5, 0.6) is 5.75 Å². The van der Waals surface area contributed by atoms with E-state index in [0.717, 1.165) is 31.2 Å². The van der Waals surface area contributed by atoms with Crippen molar-refractivity contribution in [2.24, 2.45) is 0 Å². The van der Waals surface area contributed by atoms with Crippen LogP contribution in [0.1, 0.15) is 76.5 Å². The van der Waals surface area contributed by atoms with Gasteiger partial charge in [0.2, 0.25) is 5.91 Å². The Hall–Kier alpha value is -4.38. The average Bonchev–Trinajstić information content (AvgIpc) is 3.43. The lowest BCUT2D eigenvalue weighted by molar-refractivity contribution is -0.128. The number of hydrogen-bond donors (Lipinski definition) is 1. The summed E-state index contributed by atoms with van der Waals surface area (Å²) in [6.07, 6.45) is 10.6. The van der Waals surface area contributed by atoms with Gasteiger partial charge < -0.3 is 10.1 Å². The number of benzene rings is 2. The minimum Gasteiger partial charge on any atom is -0.488 e. The molecule has 1 unspecified atom stereocenters. The van der Waals surface area contributed by atoms with Gasteiger partial charge in [0, 0.05) is 36.1 Å². The summed E-state index contributed by atoms with van der Waals surface area (Å²) >= 11 is 0. The summed E-state index contributed by atoms with van der Waals surface area (Å²) < 4.78 is 6.17. The first-order chi connectivity index (χ1) is 20.7. The number of rotatable bonds is 8. The first-order valence-electron chi connectivity index (χ1n) is 15.3. The second-order valence-electron chi connectivity index (χ2n) is 12.6. The zero-order chi connectivity index (χ0) is 30.4. The highest BCUT2D eigenvalue weighted by molar-refractivity contribution is 6.04. The number of nitrogens with zero attached hydrogens (tertiary/aromatic N) is 4. The normalized spacial score (nSPS) is 19.7. The van der Waals surface area contributed by atoms with Gasteiger partial charge in [-0.2, -0.15) is 5.26 Å². The lowest BCUT2D eigenvalue weighted by atomic mass is 9.87. The van der Waals surface area contributed by atoms with Gasteiger partial charge in [0.1, 0.15) is 23.9 Å². The smallest absolute Gasteiger partial charge is 0.251 e. The third-order valence-electron chi connectivity index (χ3n) is 8.43. The van der Waals surface area contributed by atoms with Gasteiger partial charge in [-0.15, -0.1) is 0 Å². The fraction of sp³-hybridized carbons (Fsp3) is 0.429. The van der Waals surface area contributed by atoms with Crippen LogP contribution in [0, 0.1) is 11.5 Å². The van der Waals surface area contributed by atoms with Crippen LogP contribution in [0.25, 0.3) is 0 Å². The number of aromatic nitrogens is 1. The lowest BCUT2D eigenvalue weighted by Crippen LogP contribution is -2.51. The summed E-state index contributed by atoms with van der Waals surface area (Å²) in [6, 6.07) is 19.2. The van der Waals surface area contributed by atoms with E-state index in [1.165, 1.54) is 11.3 Å². The number of para-hydroxylation sites is 1. The largest absolute Gasteiger partial charge is 0.488 e. The first-order valence-corrected chi connectivity index (χ1v) is 15.3. The number of amides is 2. The van der Waals surface area contributed by atoms with Crippen LogP contribution in [0.15, 0.2) is 79.1 Å². The molecule has 5 rings (SSSR count). The molecule has 2 amide bonds. The van der Waals surface area contributed by atoms with E-state index in [9.17, 15) is 14.9 Å².